The second-order valence-corrected chi connectivity index (χ2v) is 7.61. The first kappa shape index (κ1) is 19.0. The molecule has 7 heteroatoms. The average molecular weight is 409 g/mol. The highest BCUT2D eigenvalue weighted by Gasteiger charge is 2.11. The van der Waals surface area contributed by atoms with Crippen LogP contribution in [0, 0.1) is 13.8 Å². The molecule has 154 valence electrons. The third-order valence-corrected chi connectivity index (χ3v) is 5.25. The summed E-state index contributed by atoms with van der Waals surface area (Å²) >= 11 is 0. The Hall–Kier alpha value is -4.00. The number of benzene rings is 2. The van der Waals surface area contributed by atoms with E-state index in [9.17, 15) is 0 Å². The maximum absolute atomic E-state index is 4.57. The van der Waals surface area contributed by atoms with Crippen LogP contribution in [0.25, 0.3) is 16.7 Å². The van der Waals surface area contributed by atoms with Crippen molar-refractivity contribution in [1.29, 1.82) is 0 Å². The van der Waals surface area contributed by atoms with E-state index >= 15 is 0 Å². The first-order valence-electron chi connectivity index (χ1n) is 10.2. The molecule has 1 N–H and O–H groups in total. The number of aromatic nitrogens is 6. The Kier molecular flexibility index (Phi) is 4.92. The van der Waals surface area contributed by atoms with E-state index in [1.165, 1.54) is 16.8 Å². The van der Waals surface area contributed by atoms with Crippen molar-refractivity contribution in [2.75, 3.05) is 5.32 Å². The molecule has 0 saturated heterocycles. The molecule has 5 aromatic rings. The Balaban J connectivity index is 1.36. The molecule has 0 aliphatic rings. The summed E-state index contributed by atoms with van der Waals surface area (Å²) in [5.74, 6) is 0.774. The van der Waals surface area contributed by atoms with Crippen LogP contribution in [0.4, 0.5) is 5.82 Å². The summed E-state index contributed by atoms with van der Waals surface area (Å²) in [4.78, 5) is 8.89. The van der Waals surface area contributed by atoms with E-state index in [4.69, 9.17) is 0 Å². The van der Waals surface area contributed by atoms with Gasteiger partial charge in [0.1, 0.15) is 12.1 Å². The van der Waals surface area contributed by atoms with Crippen molar-refractivity contribution in [3.63, 3.8) is 0 Å². The van der Waals surface area contributed by atoms with Crippen LogP contribution in [0.15, 0.2) is 73.2 Å². The fraction of sp³-hybridized carbons (Fsp3) is 0.167. The van der Waals surface area contributed by atoms with Crippen molar-refractivity contribution in [3.05, 3.63) is 95.7 Å². The summed E-state index contributed by atoms with van der Waals surface area (Å²) < 4.78 is 3.87. The van der Waals surface area contributed by atoms with Crippen molar-refractivity contribution in [2.24, 2.45) is 0 Å². The van der Waals surface area contributed by atoms with Gasteiger partial charge in [-0.05, 0) is 43.2 Å². The number of hydrogen-bond donors (Lipinski definition) is 1. The summed E-state index contributed by atoms with van der Waals surface area (Å²) in [6, 6.07) is 20.6. The van der Waals surface area contributed by atoms with E-state index in [1.807, 2.05) is 52.8 Å². The summed E-state index contributed by atoms with van der Waals surface area (Å²) in [5.41, 5.74) is 6.36. The molecular formula is C24H23N7. The molecule has 0 unspecified atom stereocenters. The Morgan fingerprint density at radius 3 is 2.55 bits per heavy atom. The smallest absolute Gasteiger partial charge is 0.168 e. The molecule has 0 radical (unpaired) electrons. The zero-order valence-corrected chi connectivity index (χ0v) is 17.5. The summed E-state index contributed by atoms with van der Waals surface area (Å²) in [6.45, 7) is 5.52. The molecule has 0 aliphatic carbocycles. The molecule has 0 atom stereocenters. The maximum Gasteiger partial charge on any atom is 0.168 e. The van der Waals surface area contributed by atoms with Gasteiger partial charge in [0.2, 0.25) is 0 Å². The first-order chi connectivity index (χ1) is 15.2. The predicted octanol–water partition coefficient (Wildman–Crippen LogP) is 4.29. The third kappa shape index (κ3) is 3.90. The van der Waals surface area contributed by atoms with Crippen molar-refractivity contribution in [3.8, 4) is 5.69 Å². The summed E-state index contributed by atoms with van der Waals surface area (Å²) in [7, 11) is 0. The fourth-order valence-electron chi connectivity index (χ4n) is 3.77. The van der Waals surface area contributed by atoms with Crippen LogP contribution in [-0.4, -0.2) is 29.5 Å². The van der Waals surface area contributed by atoms with E-state index in [2.05, 4.69) is 62.7 Å². The number of fused-ring (bicyclic) bond motifs is 1. The molecule has 7 nitrogen and oxygen atoms in total. The molecule has 3 heterocycles. The second kappa shape index (κ2) is 8.02. The molecule has 0 spiro atoms. The van der Waals surface area contributed by atoms with Gasteiger partial charge < -0.3 is 5.32 Å². The van der Waals surface area contributed by atoms with E-state index in [-0.39, 0.29) is 0 Å². The van der Waals surface area contributed by atoms with Crippen LogP contribution in [0.3, 0.4) is 0 Å². The quantitative estimate of drug-likeness (QED) is 0.453. The zero-order chi connectivity index (χ0) is 21.2. The van der Waals surface area contributed by atoms with Gasteiger partial charge in [-0.25, -0.2) is 14.6 Å². The van der Waals surface area contributed by atoms with Crippen molar-refractivity contribution in [2.45, 2.75) is 26.9 Å². The highest BCUT2D eigenvalue weighted by molar-refractivity contribution is 5.87. The molecule has 0 saturated carbocycles. The van der Waals surface area contributed by atoms with Crippen LogP contribution in [-0.2, 0) is 13.1 Å². The van der Waals surface area contributed by atoms with Crippen molar-refractivity contribution < 1.29 is 0 Å². The van der Waals surface area contributed by atoms with Gasteiger partial charge in [0, 0.05) is 12.2 Å². The lowest BCUT2D eigenvalue weighted by atomic mass is 10.1. The Labute approximate surface area is 180 Å². The number of hydrogen-bond acceptors (Lipinski definition) is 5. The molecule has 2 aromatic carbocycles. The molecule has 31 heavy (non-hydrogen) atoms. The predicted molar refractivity (Wildman–Crippen MR) is 121 cm³/mol. The van der Waals surface area contributed by atoms with Gasteiger partial charge in [-0.1, -0.05) is 42.5 Å². The monoisotopic (exact) mass is 409 g/mol. The Morgan fingerprint density at radius 1 is 0.903 bits per heavy atom. The number of rotatable bonds is 6. The van der Waals surface area contributed by atoms with E-state index in [0.29, 0.717) is 6.54 Å². The van der Waals surface area contributed by atoms with Crippen LogP contribution in [0.2, 0.25) is 0 Å². The molecule has 3 aromatic heterocycles. The number of aryl methyl sites for hydroxylation is 2. The van der Waals surface area contributed by atoms with Gasteiger partial charge in [-0.2, -0.15) is 10.2 Å². The van der Waals surface area contributed by atoms with Crippen molar-refractivity contribution >= 4 is 16.9 Å². The lowest BCUT2D eigenvalue weighted by Crippen LogP contribution is -2.06. The van der Waals surface area contributed by atoms with Gasteiger partial charge in [0.05, 0.1) is 29.5 Å². The van der Waals surface area contributed by atoms with Crippen LogP contribution in [0.1, 0.15) is 22.5 Å². The van der Waals surface area contributed by atoms with Gasteiger partial charge in [0.15, 0.2) is 5.65 Å². The van der Waals surface area contributed by atoms with E-state index in [1.54, 1.807) is 6.33 Å². The van der Waals surface area contributed by atoms with Gasteiger partial charge >= 0.3 is 0 Å². The minimum Gasteiger partial charge on any atom is -0.365 e. The van der Waals surface area contributed by atoms with Gasteiger partial charge in [0.25, 0.3) is 0 Å². The molecule has 0 aliphatic heterocycles. The second-order valence-electron chi connectivity index (χ2n) is 7.61. The lowest BCUT2D eigenvalue weighted by Gasteiger charge is -2.09. The number of para-hydroxylation sites is 1. The van der Waals surface area contributed by atoms with Crippen LogP contribution >= 0.6 is 0 Å². The normalized spacial score (nSPS) is 11.2. The van der Waals surface area contributed by atoms with Crippen LogP contribution in [0.5, 0.6) is 0 Å². The summed E-state index contributed by atoms with van der Waals surface area (Å²) in [6.07, 6.45) is 3.38. The Morgan fingerprint density at radius 2 is 1.74 bits per heavy atom. The third-order valence-electron chi connectivity index (χ3n) is 5.25. The van der Waals surface area contributed by atoms with Gasteiger partial charge in [-0.3, -0.25) is 4.68 Å². The molecule has 5 rings (SSSR count). The molecular weight excluding hydrogens is 386 g/mol. The minimum absolute atomic E-state index is 0.660. The van der Waals surface area contributed by atoms with E-state index < -0.39 is 0 Å². The SMILES string of the molecule is Cc1cc(C)n(Cc2cccc(CNc3ncnc4c3cnn4-c3ccccc3)c2)n1. The minimum atomic E-state index is 0.660. The average Bonchev–Trinajstić information content (AvgIpc) is 3.36. The highest BCUT2D eigenvalue weighted by Crippen LogP contribution is 2.22. The largest absolute Gasteiger partial charge is 0.365 e. The topological polar surface area (TPSA) is 73.5 Å². The number of nitrogens with one attached hydrogen (secondary N) is 1. The Bertz CT molecular complexity index is 1330. The van der Waals surface area contributed by atoms with Crippen LogP contribution < -0.4 is 5.32 Å². The van der Waals surface area contributed by atoms with E-state index in [0.717, 1.165) is 34.8 Å². The number of anilines is 1. The van der Waals surface area contributed by atoms with Crippen molar-refractivity contribution in [1.82, 2.24) is 29.5 Å². The first-order valence-corrected chi connectivity index (χ1v) is 10.2. The molecule has 0 bridgehead atoms. The highest BCUT2D eigenvalue weighted by atomic mass is 15.3. The lowest BCUT2D eigenvalue weighted by molar-refractivity contribution is 0.658. The fourth-order valence-corrected chi connectivity index (χ4v) is 3.77. The molecule has 0 amide bonds. The zero-order valence-electron chi connectivity index (χ0n) is 17.5. The standard InChI is InChI=1S/C24H23N7/c1-17-11-18(2)30(29-17)15-20-8-6-7-19(12-20)13-25-23-22-14-28-31(24(22)27-16-26-23)21-9-4-3-5-10-21/h3-12,14,16H,13,15H2,1-2H3,(H,25,26,27). The van der Waals surface area contributed by atoms with Gasteiger partial charge in [-0.15, -0.1) is 0 Å². The summed E-state index contributed by atoms with van der Waals surface area (Å²) in [5, 5.41) is 13.4. The molecule has 0 fully saturated rings. The maximum atomic E-state index is 4.57. The number of nitrogens with zero attached hydrogens (tertiary/aromatic N) is 6.